The van der Waals surface area contributed by atoms with Gasteiger partial charge in [-0.25, -0.2) is 12.8 Å². The van der Waals surface area contributed by atoms with E-state index in [1.807, 2.05) is 0 Å². The van der Waals surface area contributed by atoms with Gasteiger partial charge in [0.2, 0.25) is 0 Å². The molecule has 0 aliphatic carbocycles. The highest BCUT2D eigenvalue weighted by Crippen LogP contribution is 2.24. The Hall–Kier alpha value is -1.64. The fourth-order valence-electron chi connectivity index (χ4n) is 2.40. The number of halogens is 2. The normalized spacial score (nSPS) is 16.4. The number of anilines is 1. The fraction of sp³-hybridized carbons (Fsp3) is 0.357. The van der Waals surface area contributed by atoms with Gasteiger partial charge in [-0.2, -0.15) is 5.10 Å². The molecule has 2 heterocycles. The highest BCUT2D eigenvalue weighted by atomic mass is 35.5. The van der Waals surface area contributed by atoms with Crippen molar-refractivity contribution in [2.24, 2.45) is 0 Å². The molecule has 23 heavy (non-hydrogen) atoms. The van der Waals surface area contributed by atoms with Crippen LogP contribution < -0.4 is 4.72 Å². The Bertz CT molecular complexity index is 803. The summed E-state index contributed by atoms with van der Waals surface area (Å²) in [4.78, 5) is -0.109. The van der Waals surface area contributed by atoms with Crippen molar-refractivity contribution in [1.82, 2.24) is 9.78 Å². The van der Waals surface area contributed by atoms with Crippen molar-refractivity contribution < 1.29 is 17.5 Å². The molecule has 6 nitrogen and oxygen atoms in total. The van der Waals surface area contributed by atoms with E-state index in [1.165, 1.54) is 6.20 Å². The van der Waals surface area contributed by atoms with Gasteiger partial charge in [-0.1, -0.05) is 11.6 Å². The van der Waals surface area contributed by atoms with Crippen molar-refractivity contribution in [3.63, 3.8) is 0 Å². The highest BCUT2D eigenvalue weighted by molar-refractivity contribution is 7.92. The molecule has 1 aromatic heterocycles. The molecule has 0 atom stereocenters. The first-order valence-corrected chi connectivity index (χ1v) is 8.91. The molecule has 0 spiro atoms. The van der Waals surface area contributed by atoms with Crippen LogP contribution in [0.3, 0.4) is 0 Å². The first-order chi connectivity index (χ1) is 11.0. The van der Waals surface area contributed by atoms with Gasteiger partial charge in [0, 0.05) is 19.4 Å². The lowest BCUT2D eigenvalue weighted by molar-refractivity contribution is 0.0662. The zero-order valence-corrected chi connectivity index (χ0v) is 13.6. The van der Waals surface area contributed by atoms with Gasteiger partial charge in [-0.15, -0.1) is 0 Å². The molecule has 0 bridgehead atoms. The molecule has 1 N–H and O–H groups in total. The number of nitrogens with one attached hydrogen (secondary N) is 1. The van der Waals surface area contributed by atoms with Crippen LogP contribution in [0.15, 0.2) is 35.5 Å². The molecular formula is C14H15ClFN3O3S. The van der Waals surface area contributed by atoms with Crippen molar-refractivity contribution in [3.8, 4) is 0 Å². The van der Waals surface area contributed by atoms with E-state index in [0.29, 0.717) is 18.9 Å². The summed E-state index contributed by atoms with van der Waals surface area (Å²) in [6.07, 6.45) is 4.75. The van der Waals surface area contributed by atoms with Crippen LogP contribution in [0.4, 0.5) is 10.1 Å². The summed E-state index contributed by atoms with van der Waals surface area (Å²) in [5.74, 6) is -0.669. The number of hydrogen-bond acceptors (Lipinski definition) is 4. The standard InChI is InChI=1S/C14H15ClFN3O3S/c15-13-7-12(1-2-14(13)16)23(20,21)18-10-8-17-19(9-10)11-3-5-22-6-4-11/h1-2,7-9,11,18H,3-6H2. The predicted molar refractivity (Wildman–Crippen MR) is 83.5 cm³/mol. The van der Waals surface area contributed by atoms with E-state index in [4.69, 9.17) is 16.3 Å². The summed E-state index contributed by atoms with van der Waals surface area (Å²) < 4.78 is 47.2. The molecule has 124 valence electrons. The van der Waals surface area contributed by atoms with Crippen molar-refractivity contribution >= 4 is 27.3 Å². The quantitative estimate of drug-likeness (QED) is 0.911. The summed E-state index contributed by atoms with van der Waals surface area (Å²) in [5, 5.41) is 3.95. The number of nitrogens with zero attached hydrogens (tertiary/aromatic N) is 2. The first kappa shape index (κ1) is 16.2. The predicted octanol–water partition coefficient (Wildman–Crippen LogP) is 2.83. The lowest BCUT2D eigenvalue weighted by atomic mass is 10.1. The lowest BCUT2D eigenvalue weighted by Crippen LogP contribution is -2.19. The number of benzene rings is 1. The van der Waals surface area contributed by atoms with E-state index < -0.39 is 15.8 Å². The molecule has 1 aliphatic heterocycles. The van der Waals surface area contributed by atoms with Gasteiger partial charge in [-0.05, 0) is 31.0 Å². The minimum atomic E-state index is -3.85. The molecule has 0 radical (unpaired) electrons. The van der Waals surface area contributed by atoms with Crippen LogP contribution >= 0.6 is 11.6 Å². The third kappa shape index (κ3) is 3.65. The number of rotatable bonds is 4. The minimum absolute atomic E-state index is 0.109. The zero-order valence-electron chi connectivity index (χ0n) is 12.1. The Balaban J connectivity index is 1.77. The van der Waals surface area contributed by atoms with Crippen LogP contribution in [0.2, 0.25) is 5.02 Å². The number of sulfonamides is 1. The maximum absolute atomic E-state index is 13.2. The average Bonchev–Trinajstić information content (AvgIpc) is 2.98. The molecule has 0 amide bonds. The van der Waals surface area contributed by atoms with E-state index in [1.54, 1.807) is 10.9 Å². The molecule has 1 aromatic carbocycles. The Morgan fingerprint density at radius 3 is 2.78 bits per heavy atom. The van der Waals surface area contributed by atoms with Crippen LogP contribution in [-0.4, -0.2) is 31.4 Å². The molecule has 0 unspecified atom stereocenters. The van der Waals surface area contributed by atoms with E-state index in [9.17, 15) is 12.8 Å². The van der Waals surface area contributed by atoms with Gasteiger partial charge in [0.25, 0.3) is 10.0 Å². The van der Waals surface area contributed by atoms with Crippen LogP contribution in [-0.2, 0) is 14.8 Å². The second-order valence-corrected chi connectivity index (χ2v) is 7.32. The summed E-state index contributed by atoms with van der Waals surface area (Å²) in [5.41, 5.74) is 0.344. The molecule has 1 aliphatic rings. The first-order valence-electron chi connectivity index (χ1n) is 7.05. The van der Waals surface area contributed by atoms with Crippen LogP contribution in [0.5, 0.6) is 0 Å². The lowest BCUT2D eigenvalue weighted by Gasteiger charge is -2.22. The second kappa shape index (κ2) is 6.46. The third-order valence-corrected chi connectivity index (χ3v) is 5.29. The average molecular weight is 360 g/mol. The van der Waals surface area contributed by atoms with E-state index >= 15 is 0 Å². The van der Waals surface area contributed by atoms with Crippen molar-refractivity contribution in [2.75, 3.05) is 17.9 Å². The Labute approximate surface area is 138 Å². The molecule has 0 saturated carbocycles. The summed E-state index contributed by atoms with van der Waals surface area (Å²) in [6, 6.07) is 3.44. The van der Waals surface area contributed by atoms with Crippen molar-refractivity contribution in [3.05, 3.63) is 41.4 Å². The Morgan fingerprint density at radius 1 is 1.35 bits per heavy atom. The van der Waals surface area contributed by atoms with E-state index in [2.05, 4.69) is 9.82 Å². The summed E-state index contributed by atoms with van der Waals surface area (Å²) in [7, 11) is -3.85. The molecule has 1 fully saturated rings. The molecular weight excluding hydrogens is 345 g/mol. The van der Waals surface area contributed by atoms with Crippen LogP contribution in [0, 0.1) is 5.82 Å². The number of aromatic nitrogens is 2. The zero-order chi connectivity index (χ0) is 16.4. The number of ether oxygens (including phenoxy) is 1. The van der Waals surface area contributed by atoms with Crippen molar-refractivity contribution in [1.29, 1.82) is 0 Å². The summed E-state index contributed by atoms with van der Waals surface area (Å²) >= 11 is 5.63. The largest absolute Gasteiger partial charge is 0.381 e. The van der Waals surface area contributed by atoms with Gasteiger partial charge in [-0.3, -0.25) is 9.40 Å². The van der Waals surface area contributed by atoms with Crippen LogP contribution in [0.1, 0.15) is 18.9 Å². The van der Waals surface area contributed by atoms with Crippen LogP contribution in [0.25, 0.3) is 0 Å². The smallest absolute Gasteiger partial charge is 0.262 e. The Kier molecular flexibility index (Phi) is 4.56. The van der Waals surface area contributed by atoms with Gasteiger partial charge in [0.05, 0.1) is 27.8 Å². The molecule has 3 rings (SSSR count). The monoisotopic (exact) mass is 359 g/mol. The third-order valence-electron chi connectivity index (χ3n) is 3.62. The maximum Gasteiger partial charge on any atom is 0.262 e. The van der Waals surface area contributed by atoms with E-state index in [-0.39, 0.29) is 16.0 Å². The van der Waals surface area contributed by atoms with Crippen molar-refractivity contribution in [2.45, 2.75) is 23.8 Å². The molecule has 2 aromatic rings. The second-order valence-electron chi connectivity index (χ2n) is 5.23. The van der Waals surface area contributed by atoms with Gasteiger partial charge >= 0.3 is 0 Å². The topological polar surface area (TPSA) is 73.2 Å². The maximum atomic E-state index is 13.2. The molecule has 1 saturated heterocycles. The highest BCUT2D eigenvalue weighted by Gasteiger charge is 2.19. The summed E-state index contributed by atoms with van der Waals surface area (Å²) in [6.45, 7) is 1.33. The molecule has 9 heteroatoms. The number of hydrogen-bond donors (Lipinski definition) is 1. The van der Waals surface area contributed by atoms with Gasteiger partial charge in [0.1, 0.15) is 5.82 Å². The van der Waals surface area contributed by atoms with Gasteiger partial charge < -0.3 is 4.74 Å². The SMILES string of the molecule is O=S(=O)(Nc1cnn(C2CCOCC2)c1)c1ccc(F)c(Cl)c1. The van der Waals surface area contributed by atoms with Gasteiger partial charge in [0.15, 0.2) is 0 Å². The Morgan fingerprint density at radius 2 is 2.09 bits per heavy atom. The van der Waals surface area contributed by atoms with E-state index in [0.717, 1.165) is 31.0 Å². The minimum Gasteiger partial charge on any atom is -0.381 e. The fourth-order valence-corrected chi connectivity index (χ4v) is 3.70.